The van der Waals surface area contributed by atoms with Gasteiger partial charge in [-0.3, -0.25) is 0 Å². The van der Waals surface area contributed by atoms with Crippen LogP contribution in [0.4, 0.5) is 4.39 Å². The Morgan fingerprint density at radius 3 is 2.65 bits per heavy atom. The molecule has 0 saturated carbocycles. The Bertz CT molecular complexity index is 394. The minimum Gasteiger partial charge on any atom is -0.377 e. The van der Waals surface area contributed by atoms with Crippen LogP contribution in [0.1, 0.15) is 39.2 Å². The summed E-state index contributed by atoms with van der Waals surface area (Å²) >= 11 is 5.96. The van der Waals surface area contributed by atoms with Crippen molar-refractivity contribution in [2.45, 2.75) is 52.2 Å². The third-order valence-corrected chi connectivity index (χ3v) is 3.55. The Kier molecular flexibility index (Phi) is 8.12. The zero-order valence-electron chi connectivity index (χ0n) is 12.6. The first kappa shape index (κ1) is 17.4. The molecule has 0 saturated heterocycles. The lowest BCUT2D eigenvalue weighted by Crippen LogP contribution is -2.43. The summed E-state index contributed by atoms with van der Waals surface area (Å²) < 4.78 is 19.7. The van der Waals surface area contributed by atoms with Crippen LogP contribution in [0, 0.1) is 5.82 Å². The van der Waals surface area contributed by atoms with E-state index < -0.39 is 0 Å². The third kappa shape index (κ3) is 5.39. The Morgan fingerprint density at radius 2 is 2.05 bits per heavy atom. The van der Waals surface area contributed by atoms with Gasteiger partial charge in [0.15, 0.2) is 0 Å². The maximum absolute atomic E-state index is 13.9. The fourth-order valence-electron chi connectivity index (χ4n) is 2.43. The molecule has 1 aromatic rings. The lowest BCUT2D eigenvalue weighted by molar-refractivity contribution is 0.0284. The number of benzene rings is 1. The van der Waals surface area contributed by atoms with Crippen LogP contribution >= 0.6 is 11.6 Å². The van der Waals surface area contributed by atoms with Crippen molar-refractivity contribution in [3.8, 4) is 0 Å². The maximum atomic E-state index is 13.9. The van der Waals surface area contributed by atoms with Gasteiger partial charge in [0.25, 0.3) is 0 Å². The summed E-state index contributed by atoms with van der Waals surface area (Å²) in [5.41, 5.74) is 0.643. The summed E-state index contributed by atoms with van der Waals surface area (Å²) in [7, 11) is 0. The Balaban J connectivity index is 2.86. The number of hydrogen-bond acceptors (Lipinski definition) is 2. The van der Waals surface area contributed by atoms with Gasteiger partial charge in [-0.1, -0.05) is 31.9 Å². The van der Waals surface area contributed by atoms with Gasteiger partial charge >= 0.3 is 0 Å². The number of halogens is 2. The van der Waals surface area contributed by atoms with Gasteiger partial charge in [-0.2, -0.15) is 0 Å². The Hall–Kier alpha value is -0.640. The van der Waals surface area contributed by atoms with Crippen LogP contribution in [0.5, 0.6) is 0 Å². The summed E-state index contributed by atoms with van der Waals surface area (Å²) in [5, 5.41) is 3.98. The molecule has 0 amide bonds. The van der Waals surface area contributed by atoms with Crippen molar-refractivity contribution in [1.82, 2.24) is 5.32 Å². The SMILES string of the molecule is CCCC(OCC)C(Cc1cc(Cl)ccc1F)NCC. The number of rotatable bonds is 9. The molecular formula is C16H25ClFNO. The van der Waals surface area contributed by atoms with Gasteiger partial charge in [-0.05, 0) is 50.1 Å². The minimum absolute atomic E-state index is 0.100. The van der Waals surface area contributed by atoms with Crippen LogP contribution in [-0.4, -0.2) is 25.3 Å². The van der Waals surface area contributed by atoms with Crippen molar-refractivity contribution >= 4 is 11.6 Å². The monoisotopic (exact) mass is 301 g/mol. The van der Waals surface area contributed by atoms with Crippen molar-refractivity contribution in [1.29, 1.82) is 0 Å². The summed E-state index contributed by atoms with van der Waals surface area (Å²) in [6.07, 6.45) is 2.70. The first-order valence-electron chi connectivity index (χ1n) is 7.41. The molecule has 1 rings (SSSR count). The van der Waals surface area contributed by atoms with Crippen molar-refractivity contribution in [3.05, 3.63) is 34.6 Å². The van der Waals surface area contributed by atoms with E-state index in [0.717, 1.165) is 19.4 Å². The smallest absolute Gasteiger partial charge is 0.126 e. The van der Waals surface area contributed by atoms with E-state index in [1.165, 1.54) is 6.07 Å². The zero-order valence-corrected chi connectivity index (χ0v) is 13.3. The second-order valence-corrected chi connectivity index (χ2v) is 5.32. The minimum atomic E-state index is -0.205. The first-order valence-corrected chi connectivity index (χ1v) is 7.79. The molecule has 2 atom stereocenters. The molecule has 1 N–H and O–H groups in total. The van der Waals surface area contributed by atoms with E-state index in [9.17, 15) is 4.39 Å². The van der Waals surface area contributed by atoms with E-state index in [1.807, 2.05) is 6.92 Å². The molecule has 4 heteroatoms. The van der Waals surface area contributed by atoms with Crippen molar-refractivity contribution in [2.24, 2.45) is 0 Å². The highest BCUT2D eigenvalue weighted by Gasteiger charge is 2.22. The van der Waals surface area contributed by atoms with Crippen LogP contribution in [0.3, 0.4) is 0 Å². The van der Waals surface area contributed by atoms with Crippen LogP contribution in [-0.2, 0) is 11.2 Å². The molecule has 114 valence electrons. The standard InChI is InChI=1S/C16H25ClFNO/c1-4-7-16(20-6-3)15(19-5-2)11-12-10-13(17)8-9-14(12)18/h8-10,15-16,19H,4-7,11H2,1-3H3. The van der Waals surface area contributed by atoms with Crippen molar-refractivity contribution in [2.75, 3.05) is 13.2 Å². The zero-order chi connectivity index (χ0) is 15.0. The summed E-state index contributed by atoms with van der Waals surface area (Å²) in [6.45, 7) is 7.68. The molecule has 0 heterocycles. The van der Waals surface area contributed by atoms with Gasteiger partial charge < -0.3 is 10.1 Å². The van der Waals surface area contributed by atoms with E-state index in [2.05, 4.69) is 19.2 Å². The lowest BCUT2D eigenvalue weighted by atomic mass is 9.97. The molecule has 20 heavy (non-hydrogen) atoms. The second kappa shape index (κ2) is 9.32. The Labute approximate surface area is 126 Å². The van der Waals surface area contributed by atoms with Crippen LogP contribution in [0.25, 0.3) is 0 Å². The molecule has 1 aromatic carbocycles. The largest absolute Gasteiger partial charge is 0.377 e. The van der Waals surface area contributed by atoms with Crippen molar-refractivity contribution in [3.63, 3.8) is 0 Å². The Morgan fingerprint density at radius 1 is 1.30 bits per heavy atom. The molecule has 0 spiro atoms. The van der Waals surface area contributed by atoms with E-state index in [4.69, 9.17) is 16.3 Å². The van der Waals surface area contributed by atoms with Gasteiger partial charge in [0.1, 0.15) is 5.82 Å². The predicted octanol–water partition coefficient (Wildman–Crippen LogP) is 4.20. The van der Waals surface area contributed by atoms with Gasteiger partial charge in [-0.15, -0.1) is 0 Å². The fourth-order valence-corrected chi connectivity index (χ4v) is 2.63. The first-order chi connectivity index (χ1) is 9.62. The van der Waals surface area contributed by atoms with E-state index in [-0.39, 0.29) is 18.0 Å². The summed E-state index contributed by atoms with van der Waals surface area (Å²) in [5.74, 6) is -0.205. The van der Waals surface area contributed by atoms with Crippen LogP contribution < -0.4 is 5.32 Å². The quantitative estimate of drug-likeness (QED) is 0.738. The lowest BCUT2D eigenvalue weighted by Gasteiger charge is -2.28. The highest BCUT2D eigenvalue weighted by atomic mass is 35.5. The summed E-state index contributed by atoms with van der Waals surface area (Å²) in [4.78, 5) is 0. The number of hydrogen-bond donors (Lipinski definition) is 1. The number of likely N-dealkylation sites (N-methyl/N-ethyl adjacent to an activating group) is 1. The number of ether oxygens (including phenoxy) is 1. The molecule has 0 radical (unpaired) electrons. The second-order valence-electron chi connectivity index (χ2n) is 4.89. The maximum Gasteiger partial charge on any atom is 0.126 e. The molecular weight excluding hydrogens is 277 g/mol. The van der Waals surface area contributed by atoms with Gasteiger partial charge in [-0.25, -0.2) is 4.39 Å². The average molecular weight is 302 g/mol. The highest BCUT2D eigenvalue weighted by molar-refractivity contribution is 6.30. The highest BCUT2D eigenvalue weighted by Crippen LogP contribution is 2.19. The molecule has 0 aliphatic carbocycles. The van der Waals surface area contributed by atoms with Gasteiger partial charge in [0.05, 0.1) is 6.10 Å². The van der Waals surface area contributed by atoms with Crippen LogP contribution in [0.2, 0.25) is 5.02 Å². The molecule has 2 unspecified atom stereocenters. The normalized spacial score (nSPS) is 14.2. The van der Waals surface area contributed by atoms with Crippen LogP contribution in [0.15, 0.2) is 18.2 Å². The van der Waals surface area contributed by atoms with Gasteiger partial charge in [0, 0.05) is 17.7 Å². The summed E-state index contributed by atoms with van der Waals surface area (Å²) in [6, 6.07) is 4.81. The molecule has 2 nitrogen and oxygen atoms in total. The average Bonchev–Trinajstić information content (AvgIpc) is 2.42. The molecule has 0 aliphatic rings. The molecule has 0 aromatic heterocycles. The molecule has 0 aliphatic heterocycles. The van der Waals surface area contributed by atoms with Gasteiger partial charge in [0.2, 0.25) is 0 Å². The van der Waals surface area contributed by atoms with E-state index in [0.29, 0.717) is 23.6 Å². The predicted molar refractivity (Wildman–Crippen MR) is 82.9 cm³/mol. The van der Waals surface area contributed by atoms with Crippen molar-refractivity contribution < 1.29 is 9.13 Å². The molecule has 0 fully saturated rings. The molecule has 0 bridgehead atoms. The van der Waals surface area contributed by atoms with E-state index in [1.54, 1.807) is 12.1 Å². The number of nitrogens with one attached hydrogen (secondary N) is 1. The van der Waals surface area contributed by atoms with E-state index >= 15 is 0 Å². The third-order valence-electron chi connectivity index (χ3n) is 3.32. The topological polar surface area (TPSA) is 21.3 Å². The fraction of sp³-hybridized carbons (Fsp3) is 0.625.